The number of anilines is 2. The van der Waals surface area contributed by atoms with Crippen molar-refractivity contribution in [2.75, 3.05) is 23.3 Å². The normalized spacial score (nSPS) is 26.9. The van der Waals surface area contributed by atoms with Gasteiger partial charge in [0.15, 0.2) is 0 Å². The number of urea groups is 1. The van der Waals surface area contributed by atoms with Gasteiger partial charge in [-0.25, -0.2) is 4.79 Å². The first-order chi connectivity index (χ1) is 14.0. The lowest BCUT2D eigenvalue weighted by atomic mass is 9.78. The second kappa shape index (κ2) is 8.97. The Labute approximate surface area is 177 Å². The maximum absolute atomic E-state index is 13.5. The van der Waals surface area contributed by atoms with Gasteiger partial charge in [0, 0.05) is 36.0 Å². The van der Waals surface area contributed by atoms with Gasteiger partial charge in [-0.05, 0) is 88.5 Å². The van der Waals surface area contributed by atoms with E-state index in [4.69, 9.17) is 0 Å². The molecular formula is C25H39N3O. The minimum atomic E-state index is 0.00305. The first-order valence-corrected chi connectivity index (χ1v) is 12.0. The summed E-state index contributed by atoms with van der Waals surface area (Å²) in [6.45, 7) is 6.99. The summed E-state index contributed by atoms with van der Waals surface area (Å²) in [5.41, 5.74) is 2.20. The first-order valence-electron chi connectivity index (χ1n) is 12.0. The summed E-state index contributed by atoms with van der Waals surface area (Å²) in [4.78, 5) is 18.2. The SMILES string of the molecule is CC1CCC(N(C(=O)Nc2ccc(N3CCCC3)cc2)C2(C)CCCCC2)CC1. The van der Waals surface area contributed by atoms with Gasteiger partial charge in [-0.2, -0.15) is 0 Å². The molecule has 0 spiro atoms. The standard InChI is InChI=1S/C25H39N3O/c1-20-8-12-23(13-9-20)28(25(2)16-4-3-5-17-25)24(29)26-21-10-14-22(15-11-21)27-18-6-7-19-27/h10-11,14-15,20,23H,3-9,12-13,16-19H2,1-2H3,(H,26,29). The molecule has 1 N–H and O–H groups in total. The molecule has 1 aromatic carbocycles. The number of nitrogens with one attached hydrogen (secondary N) is 1. The molecule has 1 aromatic rings. The minimum absolute atomic E-state index is 0.00305. The maximum atomic E-state index is 13.5. The van der Waals surface area contributed by atoms with Gasteiger partial charge in [0.05, 0.1) is 0 Å². The lowest BCUT2D eigenvalue weighted by Crippen LogP contribution is -2.57. The quantitative estimate of drug-likeness (QED) is 0.636. The molecule has 1 aliphatic heterocycles. The zero-order valence-electron chi connectivity index (χ0n) is 18.5. The Kier molecular flexibility index (Phi) is 6.36. The molecule has 4 heteroatoms. The third kappa shape index (κ3) is 4.73. The number of benzene rings is 1. The van der Waals surface area contributed by atoms with Gasteiger partial charge in [0.25, 0.3) is 0 Å². The van der Waals surface area contributed by atoms with E-state index < -0.39 is 0 Å². The number of hydrogen-bond donors (Lipinski definition) is 1. The summed E-state index contributed by atoms with van der Waals surface area (Å²) in [6.07, 6.45) is 13.4. The van der Waals surface area contributed by atoms with E-state index in [-0.39, 0.29) is 11.6 Å². The monoisotopic (exact) mass is 397 g/mol. The number of carbonyl (C=O) groups excluding carboxylic acids is 1. The minimum Gasteiger partial charge on any atom is -0.372 e. The van der Waals surface area contributed by atoms with E-state index in [2.05, 4.69) is 53.2 Å². The molecule has 1 heterocycles. The molecule has 0 radical (unpaired) electrons. The third-order valence-electron chi connectivity index (χ3n) is 7.67. The average molecular weight is 398 g/mol. The van der Waals surface area contributed by atoms with Crippen molar-refractivity contribution < 1.29 is 4.79 Å². The van der Waals surface area contributed by atoms with Crippen LogP contribution in [0.5, 0.6) is 0 Å². The molecule has 1 saturated heterocycles. The highest BCUT2D eigenvalue weighted by atomic mass is 16.2. The summed E-state index contributed by atoms with van der Waals surface area (Å²) in [7, 11) is 0. The van der Waals surface area contributed by atoms with E-state index in [0.29, 0.717) is 6.04 Å². The zero-order valence-corrected chi connectivity index (χ0v) is 18.5. The Morgan fingerprint density at radius 1 is 0.966 bits per heavy atom. The van der Waals surface area contributed by atoms with Crippen LogP contribution in [0.3, 0.4) is 0 Å². The smallest absolute Gasteiger partial charge is 0.322 e. The van der Waals surface area contributed by atoms with E-state index >= 15 is 0 Å². The van der Waals surface area contributed by atoms with Crippen molar-refractivity contribution in [1.29, 1.82) is 0 Å². The van der Waals surface area contributed by atoms with E-state index in [1.54, 1.807) is 0 Å². The highest BCUT2D eigenvalue weighted by Gasteiger charge is 2.41. The Hall–Kier alpha value is -1.71. The molecule has 4 rings (SSSR count). The van der Waals surface area contributed by atoms with Crippen LogP contribution >= 0.6 is 0 Å². The predicted molar refractivity (Wildman–Crippen MR) is 122 cm³/mol. The van der Waals surface area contributed by atoms with E-state index in [1.807, 2.05) is 0 Å². The van der Waals surface area contributed by atoms with Gasteiger partial charge < -0.3 is 15.1 Å². The predicted octanol–water partition coefficient (Wildman–Crippen LogP) is 6.42. The highest BCUT2D eigenvalue weighted by molar-refractivity contribution is 5.90. The summed E-state index contributed by atoms with van der Waals surface area (Å²) in [5, 5.41) is 3.26. The summed E-state index contributed by atoms with van der Waals surface area (Å²) in [6, 6.07) is 8.98. The Morgan fingerprint density at radius 3 is 2.21 bits per heavy atom. The first kappa shape index (κ1) is 20.6. The number of nitrogens with zero attached hydrogens (tertiary/aromatic N) is 2. The van der Waals surface area contributed by atoms with Gasteiger partial charge in [0.1, 0.15) is 0 Å². The van der Waals surface area contributed by atoms with Gasteiger partial charge in [-0.1, -0.05) is 26.2 Å². The maximum Gasteiger partial charge on any atom is 0.322 e. The second-order valence-corrected chi connectivity index (χ2v) is 10.0. The van der Waals surface area contributed by atoms with Gasteiger partial charge in [0.2, 0.25) is 0 Å². The molecule has 4 nitrogen and oxygen atoms in total. The summed E-state index contributed by atoms with van der Waals surface area (Å²) < 4.78 is 0. The zero-order chi connectivity index (χ0) is 20.3. The Morgan fingerprint density at radius 2 is 1.59 bits per heavy atom. The lowest BCUT2D eigenvalue weighted by molar-refractivity contribution is 0.0458. The second-order valence-electron chi connectivity index (χ2n) is 10.0. The van der Waals surface area contributed by atoms with Crippen LogP contribution in [0, 0.1) is 5.92 Å². The largest absolute Gasteiger partial charge is 0.372 e. The van der Waals surface area contributed by atoms with E-state index in [9.17, 15) is 4.79 Å². The Balaban J connectivity index is 1.48. The Bertz CT molecular complexity index is 666. The topological polar surface area (TPSA) is 35.6 Å². The van der Waals surface area contributed by atoms with Crippen molar-refractivity contribution in [3.8, 4) is 0 Å². The van der Waals surface area contributed by atoms with Gasteiger partial charge in [-0.3, -0.25) is 0 Å². The van der Waals surface area contributed by atoms with Gasteiger partial charge in [-0.15, -0.1) is 0 Å². The fourth-order valence-electron chi connectivity index (χ4n) is 5.82. The molecule has 160 valence electrons. The number of rotatable bonds is 4. The van der Waals surface area contributed by atoms with Crippen molar-refractivity contribution in [2.24, 2.45) is 5.92 Å². The molecule has 3 aliphatic rings. The fourth-order valence-corrected chi connectivity index (χ4v) is 5.82. The molecule has 29 heavy (non-hydrogen) atoms. The van der Waals surface area contributed by atoms with E-state index in [1.165, 1.54) is 50.6 Å². The summed E-state index contributed by atoms with van der Waals surface area (Å²) >= 11 is 0. The molecule has 0 bridgehead atoms. The number of carbonyl (C=O) groups is 1. The number of amides is 2. The van der Waals surface area contributed by atoms with Crippen LogP contribution in [-0.2, 0) is 0 Å². The van der Waals surface area contributed by atoms with Crippen molar-refractivity contribution in [3.05, 3.63) is 24.3 Å². The molecule has 2 saturated carbocycles. The van der Waals surface area contributed by atoms with Crippen LogP contribution in [0.4, 0.5) is 16.2 Å². The molecule has 3 fully saturated rings. The van der Waals surface area contributed by atoms with Crippen LogP contribution < -0.4 is 10.2 Å². The van der Waals surface area contributed by atoms with Crippen molar-refractivity contribution >= 4 is 17.4 Å². The van der Waals surface area contributed by atoms with Crippen molar-refractivity contribution in [1.82, 2.24) is 4.90 Å². The van der Waals surface area contributed by atoms with Crippen LogP contribution in [0.25, 0.3) is 0 Å². The molecule has 0 atom stereocenters. The molecular weight excluding hydrogens is 358 g/mol. The van der Waals surface area contributed by atoms with Crippen LogP contribution in [0.2, 0.25) is 0 Å². The van der Waals surface area contributed by atoms with Crippen LogP contribution in [0.15, 0.2) is 24.3 Å². The molecule has 0 aromatic heterocycles. The van der Waals surface area contributed by atoms with Crippen molar-refractivity contribution in [3.63, 3.8) is 0 Å². The number of hydrogen-bond acceptors (Lipinski definition) is 2. The molecule has 2 amide bonds. The van der Waals surface area contributed by atoms with Gasteiger partial charge >= 0.3 is 6.03 Å². The van der Waals surface area contributed by atoms with E-state index in [0.717, 1.165) is 50.4 Å². The average Bonchev–Trinajstić information content (AvgIpc) is 3.25. The lowest BCUT2D eigenvalue weighted by Gasteiger charge is -2.49. The molecule has 0 unspecified atom stereocenters. The highest BCUT2D eigenvalue weighted by Crippen LogP contribution is 2.39. The van der Waals surface area contributed by atoms with Crippen LogP contribution in [0.1, 0.15) is 84.5 Å². The molecule has 2 aliphatic carbocycles. The summed E-state index contributed by atoms with van der Waals surface area (Å²) in [5.74, 6) is 0.799. The van der Waals surface area contributed by atoms with Crippen molar-refractivity contribution in [2.45, 2.75) is 96.1 Å². The van der Waals surface area contributed by atoms with Crippen LogP contribution in [-0.4, -0.2) is 35.6 Å². The third-order valence-corrected chi connectivity index (χ3v) is 7.67. The fraction of sp³-hybridized carbons (Fsp3) is 0.720.